The Bertz CT molecular complexity index is 300. The molecule has 0 radical (unpaired) electrons. The van der Waals surface area contributed by atoms with Crippen molar-refractivity contribution in [3.63, 3.8) is 0 Å². The first-order chi connectivity index (χ1) is 9.33. The highest BCUT2D eigenvalue weighted by molar-refractivity contribution is 5.81. The molecule has 0 heterocycles. The number of unbranched alkanes of at least 4 members (excludes halogenated alkanes) is 5. The molecule has 0 bridgehead atoms. The van der Waals surface area contributed by atoms with Crippen LogP contribution < -0.4 is 0 Å². The van der Waals surface area contributed by atoms with E-state index in [1.54, 1.807) is 0 Å². The quantitative estimate of drug-likeness (QED) is 0.315. The third kappa shape index (κ3) is 5.97. The van der Waals surface area contributed by atoms with E-state index in [2.05, 4.69) is 18.2 Å². The number of carbonyl (C=O) groups excluding carboxylic acids is 1. The van der Waals surface area contributed by atoms with Gasteiger partial charge >= 0.3 is 12.1 Å². The lowest BCUT2D eigenvalue weighted by molar-refractivity contribution is -0.271. The number of rotatable bonds is 10. The third-order valence-electron chi connectivity index (χ3n) is 3.48. The van der Waals surface area contributed by atoms with Gasteiger partial charge in [-0.1, -0.05) is 52.5 Å². The first kappa shape index (κ1) is 19.0. The molecule has 0 spiro atoms. The van der Waals surface area contributed by atoms with E-state index in [9.17, 15) is 18.0 Å². The summed E-state index contributed by atoms with van der Waals surface area (Å²) in [7, 11) is 0. The molecule has 1 atom stereocenters. The Balaban J connectivity index is 4.53. The second kappa shape index (κ2) is 9.03. The van der Waals surface area contributed by atoms with Crippen molar-refractivity contribution in [1.29, 1.82) is 0 Å². The number of hydrogen-bond acceptors (Lipinski definition) is 2. The van der Waals surface area contributed by atoms with Crippen LogP contribution in [0.3, 0.4) is 0 Å². The Kier molecular flexibility index (Phi) is 8.58. The van der Waals surface area contributed by atoms with E-state index in [-0.39, 0.29) is 12.8 Å². The number of carbonyl (C=O) groups is 1. The van der Waals surface area contributed by atoms with Gasteiger partial charge in [0.1, 0.15) is 0 Å². The van der Waals surface area contributed by atoms with Gasteiger partial charge < -0.3 is 4.74 Å². The molecule has 20 heavy (non-hydrogen) atoms. The zero-order valence-electron chi connectivity index (χ0n) is 12.4. The molecule has 0 aromatic rings. The highest BCUT2D eigenvalue weighted by atomic mass is 19.4. The summed E-state index contributed by atoms with van der Waals surface area (Å²) in [5.74, 6) is -1.02. The molecule has 1 unspecified atom stereocenters. The molecule has 5 heteroatoms. The molecule has 0 aliphatic rings. The highest BCUT2D eigenvalue weighted by Crippen LogP contribution is 2.40. The highest BCUT2D eigenvalue weighted by Gasteiger charge is 2.56. The smallest absolute Gasteiger partial charge is 0.428 e. The van der Waals surface area contributed by atoms with Crippen LogP contribution in [0.2, 0.25) is 0 Å². The predicted octanol–water partition coefficient (Wildman–Crippen LogP) is 5.18. The predicted molar refractivity (Wildman–Crippen MR) is 73.4 cm³/mol. The van der Waals surface area contributed by atoms with Gasteiger partial charge in [-0.05, 0) is 19.3 Å². The SMILES string of the molecule is C=CC(=O)OC(CC)(CCCCCCCC)C(F)(F)F. The molecule has 0 aromatic carbocycles. The molecule has 0 N–H and O–H groups in total. The molecule has 118 valence electrons. The van der Waals surface area contributed by atoms with Crippen molar-refractivity contribution in [2.75, 3.05) is 0 Å². The minimum Gasteiger partial charge on any atom is -0.446 e. The maximum atomic E-state index is 13.2. The van der Waals surface area contributed by atoms with Gasteiger partial charge in [0.15, 0.2) is 0 Å². The van der Waals surface area contributed by atoms with E-state index >= 15 is 0 Å². The van der Waals surface area contributed by atoms with E-state index in [0.29, 0.717) is 6.42 Å². The molecule has 0 aliphatic heterocycles. The monoisotopic (exact) mass is 294 g/mol. The van der Waals surface area contributed by atoms with E-state index in [4.69, 9.17) is 0 Å². The van der Waals surface area contributed by atoms with Crippen LogP contribution in [0.25, 0.3) is 0 Å². The molecule has 0 aromatic heterocycles. The van der Waals surface area contributed by atoms with Gasteiger partial charge in [0.05, 0.1) is 0 Å². The molecule has 2 nitrogen and oxygen atoms in total. The zero-order valence-corrected chi connectivity index (χ0v) is 12.4. The van der Waals surface area contributed by atoms with Crippen LogP contribution in [0.1, 0.15) is 65.2 Å². The van der Waals surface area contributed by atoms with Crippen LogP contribution in [0, 0.1) is 0 Å². The van der Waals surface area contributed by atoms with Crippen molar-refractivity contribution < 1.29 is 22.7 Å². The fourth-order valence-corrected chi connectivity index (χ4v) is 2.13. The Hall–Kier alpha value is -1.00. The summed E-state index contributed by atoms with van der Waals surface area (Å²) in [6.07, 6.45) is 1.05. The van der Waals surface area contributed by atoms with Crippen LogP contribution in [0.15, 0.2) is 12.7 Å². The summed E-state index contributed by atoms with van der Waals surface area (Å²) in [4.78, 5) is 11.2. The molecule has 0 fully saturated rings. The van der Waals surface area contributed by atoms with Crippen LogP contribution in [-0.2, 0) is 9.53 Å². The second-order valence-electron chi connectivity index (χ2n) is 4.99. The number of esters is 1. The number of halogens is 3. The Labute approximate surface area is 119 Å². The second-order valence-corrected chi connectivity index (χ2v) is 4.99. The average molecular weight is 294 g/mol. The molecule has 0 saturated heterocycles. The van der Waals surface area contributed by atoms with E-state index in [0.717, 1.165) is 38.2 Å². The Morgan fingerprint density at radius 1 is 1.10 bits per heavy atom. The Morgan fingerprint density at radius 3 is 2.10 bits per heavy atom. The largest absolute Gasteiger partial charge is 0.446 e. The summed E-state index contributed by atoms with van der Waals surface area (Å²) in [6.45, 7) is 6.62. The summed E-state index contributed by atoms with van der Waals surface area (Å²) < 4.78 is 44.2. The van der Waals surface area contributed by atoms with Gasteiger partial charge in [-0.3, -0.25) is 0 Å². The molecular weight excluding hydrogens is 269 g/mol. The summed E-state index contributed by atoms with van der Waals surface area (Å²) in [5.41, 5.74) is -2.37. The van der Waals surface area contributed by atoms with Gasteiger partial charge in [-0.15, -0.1) is 0 Å². The van der Waals surface area contributed by atoms with Gasteiger partial charge in [0.25, 0.3) is 0 Å². The first-order valence-corrected chi connectivity index (χ1v) is 7.25. The average Bonchev–Trinajstić information content (AvgIpc) is 2.39. The first-order valence-electron chi connectivity index (χ1n) is 7.25. The van der Waals surface area contributed by atoms with Crippen molar-refractivity contribution in [1.82, 2.24) is 0 Å². The van der Waals surface area contributed by atoms with E-state index < -0.39 is 17.7 Å². The summed E-state index contributed by atoms with van der Waals surface area (Å²) in [6, 6.07) is 0. The zero-order chi connectivity index (χ0) is 15.6. The molecule has 0 saturated carbocycles. The van der Waals surface area contributed by atoms with Crippen LogP contribution in [-0.4, -0.2) is 17.7 Å². The van der Waals surface area contributed by atoms with E-state index in [1.165, 1.54) is 6.92 Å². The van der Waals surface area contributed by atoms with Crippen LogP contribution >= 0.6 is 0 Å². The lowest BCUT2D eigenvalue weighted by Gasteiger charge is -2.34. The van der Waals surface area contributed by atoms with Crippen LogP contribution in [0.4, 0.5) is 13.2 Å². The van der Waals surface area contributed by atoms with Crippen molar-refractivity contribution in [2.24, 2.45) is 0 Å². The number of alkyl halides is 3. The molecule has 0 amide bonds. The van der Waals surface area contributed by atoms with Gasteiger partial charge in [0.2, 0.25) is 5.60 Å². The van der Waals surface area contributed by atoms with Crippen LogP contribution in [0.5, 0.6) is 0 Å². The fraction of sp³-hybridized carbons (Fsp3) is 0.800. The maximum absolute atomic E-state index is 13.2. The van der Waals surface area contributed by atoms with Crippen molar-refractivity contribution in [2.45, 2.75) is 77.0 Å². The molecule has 0 rings (SSSR count). The lowest BCUT2D eigenvalue weighted by Crippen LogP contribution is -2.48. The normalized spacial score (nSPS) is 14.7. The van der Waals surface area contributed by atoms with Gasteiger partial charge in [0, 0.05) is 6.08 Å². The minimum atomic E-state index is -4.55. The van der Waals surface area contributed by atoms with Gasteiger partial charge in [-0.2, -0.15) is 13.2 Å². The standard InChI is InChI=1S/C15H25F3O2/c1-4-7-8-9-10-11-12-14(6-3,15(16,17)18)20-13(19)5-2/h5H,2,4,6-12H2,1,3H3. The lowest BCUT2D eigenvalue weighted by atomic mass is 9.91. The van der Waals surface area contributed by atoms with E-state index in [1.807, 2.05) is 0 Å². The van der Waals surface area contributed by atoms with Crippen molar-refractivity contribution in [3.8, 4) is 0 Å². The third-order valence-corrected chi connectivity index (χ3v) is 3.48. The van der Waals surface area contributed by atoms with Crippen molar-refractivity contribution >= 4 is 5.97 Å². The topological polar surface area (TPSA) is 26.3 Å². The number of ether oxygens (including phenoxy) is 1. The summed E-state index contributed by atoms with van der Waals surface area (Å²) in [5, 5.41) is 0. The molecular formula is C15H25F3O2. The van der Waals surface area contributed by atoms with Gasteiger partial charge in [-0.25, -0.2) is 4.79 Å². The molecule has 0 aliphatic carbocycles. The minimum absolute atomic E-state index is 0.182. The Morgan fingerprint density at radius 2 is 1.65 bits per heavy atom. The maximum Gasteiger partial charge on any atom is 0.428 e. The van der Waals surface area contributed by atoms with Crippen molar-refractivity contribution in [3.05, 3.63) is 12.7 Å². The fourth-order valence-electron chi connectivity index (χ4n) is 2.13. The summed E-state index contributed by atoms with van der Waals surface area (Å²) >= 11 is 0. The number of hydrogen-bond donors (Lipinski definition) is 0.